The fraction of sp³-hybridized carbons (Fsp3) is 0.636. The fourth-order valence-electron chi connectivity index (χ4n) is 3.88. The summed E-state index contributed by atoms with van der Waals surface area (Å²) in [5, 5.41) is 3.98. The highest BCUT2D eigenvalue weighted by Gasteiger charge is 2.64. The number of esters is 1. The second-order valence-corrected chi connectivity index (χ2v) is 8.57. The summed E-state index contributed by atoms with van der Waals surface area (Å²) in [6.45, 7) is 10.8. The number of amides is 1. The molecule has 0 spiro atoms. The molecule has 0 N–H and O–H groups in total. The molecule has 1 amide bonds. The van der Waals surface area contributed by atoms with Gasteiger partial charge in [-0.25, -0.2) is 0 Å². The maximum atomic E-state index is 13.4. The Hall–Kier alpha value is -2.53. The summed E-state index contributed by atoms with van der Waals surface area (Å²) in [5.74, 6) is -0.327. The van der Waals surface area contributed by atoms with E-state index in [0.29, 0.717) is 25.9 Å². The van der Waals surface area contributed by atoms with E-state index in [4.69, 9.17) is 10.3 Å². The van der Waals surface area contributed by atoms with Crippen LogP contribution in [0.4, 0.5) is 0 Å². The van der Waals surface area contributed by atoms with Gasteiger partial charge in [0.2, 0.25) is 5.91 Å². The van der Waals surface area contributed by atoms with E-state index in [-0.39, 0.29) is 24.4 Å². The van der Waals surface area contributed by atoms with Crippen molar-refractivity contribution in [1.29, 1.82) is 0 Å². The molecule has 29 heavy (non-hydrogen) atoms. The van der Waals surface area contributed by atoms with Gasteiger partial charge in [-0.1, -0.05) is 35.4 Å². The largest absolute Gasteiger partial charge is 0.465 e. The van der Waals surface area contributed by atoms with Gasteiger partial charge in [0.1, 0.15) is 0 Å². The first-order valence-corrected chi connectivity index (χ1v) is 10.3. The van der Waals surface area contributed by atoms with Crippen LogP contribution in [0.2, 0.25) is 0 Å². The summed E-state index contributed by atoms with van der Waals surface area (Å²) in [5.41, 5.74) is 8.77. The number of ether oxygens (including phenoxy) is 1. The molecule has 1 aromatic rings. The van der Waals surface area contributed by atoms with E-state index in [2.05, 4.69) is 10.0 Å². The van der Waals surface area contributed by atoms with Gasteiger partial charge in [-0.05, 0) is 64.5 Å². The molecule has 0 heterocycles. The van der Waals surface area contributed by atoms with Gasteiger partial charge in [0.15, 0.2) is 0 Å². The van der Waals surface area contributed by atoms with E-state index >= 15 is 0 Å². The second kappa shape index (κ2) is 9.31. The summed E-state index contributed by atoms with van der Waals surface area (Å²) < 4.78 is 5.37. The molecule has 7 heteroatoms. The molecule has 2 rings (SSSR count). The van der Waals surface area contributed by atoms with E-state index in [9.17, 15) is 9.59 Å². The van der Waals surface area contributed by atoms with Crippen molar-refractivity contribution in [3.8, 4) is 0 Å². The van der Waals surface area contributed by atoms with Crippen LogP contribution in [0.1, 0.15) is 53.0 Å². The number of likely N-dealkylation sites (N-methyl/N-ethyl adjacent to an activating group) is 1. The van der Waals surface area contributed by atoms with Crippen molar-refractivity contribution in [2.75, 3.05) is 19.7 Å². The van der Waals surface area contributed by atoms with Crippen LogP contribution in [-0.4, -0.2) is 42.5 Å². The van der Waals surface area contributed by atoms with Crippen molar-refractivity contribution in [2.45, 2.75) is 58.9 Å². The smallest absolute Gasteiger partial charge is 0.311 e. The highest BCUT2D eigenvalue weighted by molar-refractivity contribution is 5.92. The van der Waals surface area contributed by atoms with Crippen molar-refractivity contribution in [1.82, 2.24) is 4.90 Å². The number of hydrogen-bond donors (Lipinski definition) is 0. The highest BCUT2D eigenvalue weighted by Crippen LogP contribution is 2.58. The SMILES string of the molecule is CCN(CC)C(=O)[C@@]1(c2ccccc2)C[C@H]1[C@H](CCOC(=O)C(C)(C)C)N=[N+]=[N-]. The predicted octanol–water partition coefficient (Wildman–Crippen LogP) is 4.47. The molecule has 0 aromatic heterocycles. The average Bonchev–Trinajstić information content (AvgIpc) is 3.45. The summed E-state index contributed by atoms with van der Waals surface area (Å²) >= 11 is 0. The predicted molar refractivity (Wildman–Crippen MR) is 112 cm³/mol. The average molecular weight is 401 g/mol. The molecule has 0 saturated heterocycles. The fourth-order valence-corrected chi connectivity index (χ4v) is 3.88. The third-order valence-corrected chi connectivity index (χ3v) is 5.66. The third-order valence-electron chi connectivity index (χ3n) is 5.66. The van der Waals surface area contributed by atoms with Crippen LogP contribution < -0.4 is 0 Å². The minimum Gasteiger partial charge on any atom is -0.465 e. The Labute approximate surface area is 173 Å². The van der Waals surface area contributed by atoms with Gasteiger partial charge in [0.25, 0.3) is 0 Å². The van der Waals surface area contributed by atoms with Crippen molar-refractivity contribution in [3.63, 3.8) is 0 Å². The summed E-state index contributed by atoms with van der Waals surface area (Å²) in [7, 11) is 0. The zero-order valence-corrected chi connectivity index (χ0v) is 18.1. The number of azide groups is 1. The first kappa shape index (κ1) is 22.8. The molecule has 1 aliphatic rings. The topological polar surface area (TPSA) is 95.4 Å². The molecule has 1 aromatic carbocycles. The van der Waals surface area contributed by atoms with Crippen molar-refractivity contribution in [2.24, 2.45) is 16.4 Å². The van der Waals surface area contributed by atoms with Crippen molar-refractivity contribution in [3.05, 3.63) is 46.3 Å². The second-order valence-electron chi connectivity index (χ2n) is 8.57. The van der Waals surface area contributed by atoms with E-state index in [0.717, 1.165) is 5.56 Å². The quantitative estimate of drug-likeness (QED) is 0.265. The van der Waals surface area contributed by atoms with Crippen molar-refractivity contribution >= 4 is 11.9 Å². The standard InChI is InChI=1S/C22H32N4O3/c1-6-26(7-2)19(27)22(16-11-9-8-10-12-16)15-17(22)18(24-25-23)13-14-29-20(28)21(3,4)5/h8-12,17-18H,6-7,13-15H2,1-5H3/t17-,18-,22+/m0/s1. The lowest BCUT2D eigenvalue weighted by Gasteiger charge is -2.27. The molecule has 1 saturated carbocycles. The number of hydrogen-bond acceptors (Lipinski definition) is 4. The Morgan fingerprint density at radius 2 is 1.90 bits per heavy atom. The van der Waals surface area contributed by atoms with Gasteiger partial charge in [0, 0.05) is 24.0 Å². The summed E-state index contributed by atoms with van der Waals surface area (Å²) in [6, 6.07) is 9.30. The first-order chi connectivity index (χ1) is 13.7. The first-order valence-electron chi connectivity index (χ1n) is 10.3. The normalized spacial score (nSPS) is 21.6. The highest BCUT2D eigenvalue weighted by atomic mass is 16.5. The molecule has 7 nitrogen and oxygen atoms in total. The Balaban J connectivity index is 2.24. The Morgan fingerprint density at radius 3 is 2.41 bits per heavy atom. The van der Waals surface area contributed by atoms with Crippen LogP contribution in [0.3, 0.4) is 0 Å². The van der Waals surface area contributed by atoms with Gasteiger partial charge in [-0.2, -0.15) is 0 Å². The zero-order valence-electron chi connectivity index (χ0n) is 18.1. The molecule has 0 bridgehead atoms. The zero-order chi connectivity index (χ0) is 21.7. The van der Waals surface area contributed by atoms with E-state index in [1.54, 1.807) is 20.8 Å². The molecule has 0 unspecified atom stereocenters. The van der Waals surface area contributed by atoms with Gasteiger partial charge in [-0.15, -0.1) is 0 Å². The summed E-state index contributed by atoms with van der Waals surface area (Å²) in [6.07, 6.45) is 1.03. The van der Waals surface area contributed by atoms with E-state index < -0.39 is 16.9 Å². The van der Waals surface area contributed by atoms with Gasteiger partial charge < -0.3 is 9.64 Å². The summed E-state index contributed by atoms with van der Waals surface area (Å²) in [4.78, 5) is 30.3. The molecular weight excluding hydrogens is 368 g/mol. The molecule has 158 valence electrons. The maximum Gasteiger partial charge on any atom is 0.311 e. The molecule has 1 aliphatic carbocycles. The van der Waals surface area contributed by atoms with Crippen LogP contribution in [0.25, 0.3) is 10.4 Å². The molecule has 0 aliphatic heterocycles. The number of rotatable bonds is 9. The number of nitrogens with zero attached hydrogens (tertiary/aromatic N) is 4. The van der Waals surface area contributed by atoms with Crippen molar-refractivity contribution < 1.29 is 14.3 Å². The molecular formula is C22H32N4O3. The Bertz CT molecular complexity index is 764. The van der Waals surface area contributed by atoms with Gasteiger partial charge in [-0.3, -0.25) is 9.59 Å². The Morgan fingerprint density at radius 1 is 1.28 bits per heavy atom. The minimum atomic E-state index is -0.680. The van der Waals surface area contributed by atoms with E-state index in [1.165, 1.54) is 0 Å². The van der Waals surface area contributed by atoms with Gasteiger partial charge >= 0.3 is 5.97 Å². The number of carbonyl (C=O) groups excluding carboxylic acids is 2. The van der Waals surface area contributed by atoms with Gasteiger partial charge in [0.05, 0.1) is 17.4 Å². The number of benzene rings is 1. The maximum absolute atomic E-state index is 13.4. The van der Waals surface area contributed by atoms with E-state index in [1.807, 2.05) is 49.1 Å². The lowest BCUT2D eigenvalue weighted by Crippen LogP contribution is -2.41. The minimum absolute atomic E-state index is 0.0727. The molecule has 0 radical (unpaired) electrons. The lowest BCUT2D eigenvalue weighted by molar-refractivity contribution is -0.153. The molecule has 1 fully saturated rings. The number of carbonyl (C=O) groups is 2. The molecule has 3 atom stereocenters. The lowest BCUT2D eigenvalue weighted by atomic mass is 9.88. The Kier molecular flexibility index (Phi) is 7.31. The van der Waals surface area contributed by atoms with Crippen LogP contribution in [0.15, 0.2) is 35.4 Å². The van der Waals surface area contributed by atoms with Crippen LogP contribution in [-0.2, 0) is 19.7 Å². The van der Waals surface area contributed by atoms with Crippen LogP contribution in [0.5, 0.6) is 0 Å². The van der Waals surface area contributed by atoms with Crippen LogP contribution >= 0.6 is 0 Å². The van der Waals surface area contributed by atoms with Crippen LogP contribution in [0, 0.1) is 11.3 Å². The third kappa shape index (κ3) is 4.91. The monoisotopic (exact) mass is 400 g/mol.